The number of carbonyl (C=O) groups is 1. The molecule has 0 spiro atoms. The maximum Gasteiger partial charge on any atom is 0.241 e. The van der Waals surface area contributed by atoms with Crippen LogP contribution in [0.3, 0.4) is 0 Å². The van der Waals surface area contributed by atoms with Crippen molar-refractivity contribution in [2.24, 2.45) is 0 Å². The summed E-state index contributed by atoms with van der Waals surface area (Å²) in [5.41, 5.74) is 1.66. The number of carbonyl (C=O) groups excluding carboxylic acids is 1. The van der Waals surface area contributed by atoms with E-state index < -0.39 is 0 Å². The van der Waals surface area contributed by atoms with E-state index in [9.17, 15) is 9.18 Å². The number of rotatable bonds is 7. The van der Waals surface area contributed by atoms with Gasteiger partial charge in [-0.2, -0.15) is 0 Å². The van der Waals surface area contributed by atoms with Gasteiger partial charge in [-0.1, -0.05) is 36.1 Å². The molecule has 1 aliphatic heterocycles. The number of hydrogen-bond acceptors (Lipinski definition) is 5. The fourth-order valence-electron chi connectivity index (χ4n) is 2.94. The van der Waals surface area contributed by atoms with Crippen LogP contribution in [0.1, 0.15) is 18.1 Å². The van der Waals surface area contributed by atoms with Gasteiger partial charge in [-0.3, -0.25) is 9.69 Å². The number of nitrogens with zero attached hydrogens (tertiary/aromatic N) is 1. The highest BCUT2D eigenvalue weighted by Gasteiger charge is 2.36. The Balaban J connectivity index is 1.76. The summed E-state index contributed by atoms with van der Waals surface area (Å²) < 4.78 is 26.0. The maximum absolute atomic E-state index is 13.3. The van der Waals surface area contributed by atoms with Gasteiger partial charge in [-0.15, -0.1) is 0 Å². The first-order valence-corrected chi connectivity index (χ1v) is 10.8. The second-order valence-corrected chi connectivity index (χ2v) is 8.88. The minimum absolute atomic E-state index is 0.0408. The second kappa shape index (κ2) is 9.24. The predicted molar refractivity (Wildman–Crippen MR) is 116 cm³/mol. The van der Waals surface area contributed by atoms with Crippen LogP contribution < -0.4 is 9.47 Å². The van der Waals surface area contributed by atoms with Crippen molar-refractivity contribution in [3.05, 3.63) is 57.8 Å². The number of methoxy groups -OCH3 is 1. The number of thioether (sulfide) groups is 1. The van der Waals surface area contributed by atoms with E-state index in [-0.39, 0.29) is 23.6 Å². The lowest BCUT2D eigenvalue weighted by atomic mass is 10.1. The first-order chi connectivity index (χ1) is 13.4. The normalized spacial score (nSPS) is 16.6. The van der Waals surface area contributed by atoms with E-state index in [1.54, 1.807) is 24.1 Å². The molecule has 0 unspecified atom stereocenters. The molecule has 0 saturated carbocycles. The Morgan fingerprint density at radius 1 is 1.29 bits per heavy atom. The summed E-state index contributed by atoms with van der Waals surface area (Å²) in [6.07, 6.45) is 0.541. The van der Waals surface area contributed by atoms with Gasteiger partial charge >= 0.3 is 0 Å². The number of ether oxygens (including phenoxy) is 2. The largest absolute Gasteiger partial charge is 0.493 e. The molecular weight excluding hydrogens is 465 g/mol. The fraction of sp³-hybridized carbons (Fsp3) is 0.300. The summed E-state index contributed by atoms with van der Waals surface area (Å²) >= 11 is 10.2. The lowest BCUT2D eigenvalue weighted by molar-refractivity contribution is -0.125. The zero-order valence-corrected chi connectivity index (χ0v) is 18.6. The van der Waals surface area contributed by atoms with Crippen molar-refractivity contribution in [3.8, 4) is 11.5 Å². The molecular formula is C20H19BrFNO3S2. The summed E-state index contributed by atoms with van der Waals surface area (Å²) in [5.74, 6) is 0.817. The SMILES string of the molecule is CCN1C(=O)[C@H](Cc2cc(Br)c(OCc3cccc(F)c3)c(OC)c2)SC1=S. The Bertz CT molecular complexity index is 909. The standard InChI is InChI=1S/C20H19BrFNO3S2/c1-3-23-19(24)17(28-20(23)27)10-13-8-15(21)18(16(9-13)25-2)26-11-12-5-4-6-14(22)7-12/h4-9,17H,3,10-11H2,1-2H3/t17-/m0/s1. The third kappa shape index (κ3) is 4.67. The van der Waals surface area contributed by atoms with Gasteiger partial charge in [0.1, 0.15) is 16.7 Å². The van der Waals surface area contributed by atoms with Crippen molar-refractivity contribution in [2.75, 3.05) is 13.7 Å². The molecule has 3 rings (SSSR count). The minimum atomic E-state index is -0.305. The van der Waals surface area contributed by atoms with Crippen molar-refractivity contribution in [1.82, 2.24) is 4.90 Å². The lowest BCUT2D eigenvalue weighted by Crippen LogP contribution is -2.31. The number of amides is 1. The van der Waals surface area contributed by atoms with Gasteiger partial charge in [-0.05, 0) is 64.7 Å². The number of benzene rings is 2. The highest BCUT2D eigenvalue weighted by molar-refractivity contribution is 9.10. The quantitative estimate of drug-likeness (QED) is 0.520. The summed E-state index contributed by atoms with van der Waals surface area (Å²) in [5, 5.41) is -0.233. The van der Waals surface area contributed by atoms with Crippen molar-refractivity contribution in [1.29, 1.82) is 0 Å². The van der Waals surface area contributed by atoms with Crippen molar-refractivity contribution >= 4 is 50.1 Å². The van der Waals surface area contributed by atoms with Gasteiger partial charge in [-0.25, -0.2) is 4.39 Å². The Morgan fingerprint density at radius 2 is 2.07 bits per heavy atom. The molecule has 2 aromatic carbocycles. The molecule has 2 aromatic rings. The third-order valence-corrected chi connectivity index (χ3v) is 6.48. The average molecular weight is 484 g/mol. The van der Waals surface area contributed by atoms with E-state index >= 15 is 0 Å². The molecule has 28 heavy (non-hydrogen) atoms. The van der Waals surface area contributed by atoms with E-state index in [1.807, 2.05) is 19.1 Å². The zero-order valence-electron chi connectivity index (χ0n) is 15.4. The smallest absolute Gasteiger partial charge is 0.241 e. The summed E-state index contributed by atoms with van der Waals surface area (Å²) in [4.78, 5) is 14.1. The van der Waals surface area contributed by atoms with Crippen LogP contribution in [0.25, 0.3) is 0 Å². The van der Waals surface area contributed by atoms with E-state index in [0.717, 1.165) is 11.1 Å². The molecule has 1 saturated heterocycles. The topological polar surface area (TPSA) is 38.8 Å². The Kier molecular flexibility index (Phi) is 6.95. The Hall–Kier alpha value is -1.64. The van der Waals surface area contributed by atoms with Crippen LogP contribution in [0, 0.1) is 5.82 Å². The molecule has 1 fully saturated rings. The maximum atomic E-state index is 13.3. The van der Waals surface area contributed by atoms with Crippen LogP contribution >= 0.6 is 39.9 Å². The molecule has 8 heteroatoms. The molecule has 1 amide bonds. The van der Waals surface area contributed by atoms with E-state index in [0.29, 0.717) is 33.3 Å². The highest BCUT2D eigenvalue weighted by Crippen LogP contribution is 2.39. The molecule has 0 radical (unpaired) electrons. The van der Waals surface area contributed by atoms with Crippen LogP contribution in [0.2, 0.25) is 0 Å². The van der Waals surface area contributed by atoms with Gasteiger partial charge in [0.25, 0.3) is 0 Å². The molecule has 0 N–H and O–H groups in total. The molecule has 1 heterocycles. The van der Waals surface area contributed by atoms with Crippen molar-refractivity contribution in [2.45, 2.75) is 25.2 Å². The first kappa shape index (κ1) is 21.1. The summed E-state index contributed by atoms with van der Waals surface area (Å²) in [6, 6.07) is 10.0. The van der Waals surface area contributed by atoms with Crippen LogP contribution in [0.15, 0.2) is 40.9 Å². The van der Waals surface area contributed by atoms with E-state index in [4.69, 9.17) is 21.7 Å². The molecule has 0 aliphatic carbocycles. The molecule has 4 nitrogen and oxygen atoms in total. The van der Waals surface area contributed by atoms with Gasteiger partial charge in [0, 0.05) is 6.54 Å². The number of thiocarbonyl (C=S) groups is 1. The number of hydrogen-bond donors (Lipinski definition) is 0. The predicted octanol–water partition coefficient (Wildman–Crippen LogP) is 4.97. The average Bonchev–Trinajstić information content (AvgIpc) is 2.93. The minimum Gasteiger partial charge on any atom is -0.493 e. The van der Waals surface area contributed by atoms with Crippen LogP contribution in [-0.2, 0) is 17.8 Å². The monoisotopic (exact) mass is 483 g/mol. The first-order valence-electron chi connectivity index (χ1n) is 8.68. The van der Waals surface area contributed by atoms with Gasteiger partial charge < -0.3 is 9.47 Å². The van der Waals surface area contributed by atoms with Crippen LogP contribution in [0.5, 0.6) is 11.5 Å². The van der Waals surface area contributed by atoms with Crippen LogP contribution in [0.4, 0.5) is 4.39 Å². The summed E-state index contributed by atoms with van der Waals surface area (Å²) in [6.45, 7) is 2.71. The molecule has 148 valence electrons. The molecule has 0 aromatic heterocycles. The van der Waals surface area contributed by atoms with E-state index in [2.05, 4.69) is 15.9 Å². The van der Waals surface area contributed by atoms with Crippen molar-refractivity contribution < 1.29 is 18.7 Å². The van der Waals surface area contributed by atoms with E-state index in [1.165, 1.54) is 23.9 Å². The van der Waals surface area contributed by atoms with Gasteiger partial charge in [0.15, 0.2) is 11.5 Å². The molecule has 1 aliphatic rings. The highest BCUT2D eigenvalue weighted by atomic mass is 79.9. The number of halogens is 2. The lowest BCUT2D eigenvalue weighted by Gasteiger charge is -2.16. The molecule has 0 bridgehead atoms. The van der Waals surface area contributed by atoms with Gasteiger partial charge in [0.05, 0.1) is 16.8 Å². The molecule has 1 atom stereocenters. The third-order valence-electron chi connectivity index (χ3n) is 4.30. The second-order valence-electron chi connectivity index (χ2n) is 6.19. The van der Waals surface area contributed by atoms with Gasteiger partial charge in [0.2, 0.25) is 5.91 Å². The van der Waals surface area contributed by atoms with Crippen LogP contribution in [-0.4, -0.2) is 34.0 Å². The Labute approximate surface area is 181 Å². The van der Waals surface area contributed by atoms with Crippen molar-refractivity contribution in [3.63, 3.8) is 0 Å². The fourth-order valence-corrected chi connectivity index (χ4v) is 5.21. The zero-order chi connectivity index (χ0) is 20.3. The summed E-state index contributed by atoms with van der Waals surface area (Å²) in [7, 11) is 1.56. The Morgan fingerprint density at radius 3 is 2.71 bits per heavy atom.